The van der Waals surface area contributed by atoms with Crippen LogP contribution in [0.3, 0.4) is 0 Å². The number of carboxylic acids is 1. The predicted octanol–water partition coefficient (Wildman–Crippen LogP) is 2.62. The van der Waals surface area contributed by atoms with Gasteiger partial charge >= 0.3 is 11.7 Å². The summed E-state index contributed by atoms with van der Waals surface area (Å²) in [7, 11) is 0. The van der Waals surface area contributed by atoms with Crippen LogP contribution in [0.2, 0.25) is 0 Å². The molecule has 0 radical (unpaired) electrons. The van der Waals surface area contributed by atoms with E-state index in [0.29, 0.717) is 5.56 Å². The molecule has 0 fully saturated rings. The second-order valence-electron chi connectivity index (χ2n) is 5.06. The van der Waals surface area contributed by atoms with Crippen LogP contribution in [0, 0.1) is 10.1 Å². The molecule has 0 heterocycles. The summed E-state index contributed by atoms with van der Waals surface area (Å²) >= 11 is 0. The Morgan fingerprint density at radius 3 is 2.36 bits per heavy atom. The lowest BCUT2D eigenvalue weighted by molar-refractivity contribution is -0.385. The summed E-state index contributed by atoms with van der Waals surface area (Å²) in [5.74, 6) is -1.40. The van der Waals surface area contributed by atoms with Gasteiger partial charge in [0.2, 0.25) is 0 Å². The average molecular weight is 344 g/mol. The van der Waals surface area contributed by atoms with Crippen LogP contribution in [0.15, 0.2) is 42.5 Å². The fourth-order valence-electron chi connectivity index (χ4n) is 2.13. The molecule has 0 bridgehead atoms. The zero-order valence-corrected chi connectivity index (χ0v) is 13.4. The molecule has 0 saturated heterocycles. The van der Waals surface area contributed by atoms with Gasteiger partial charge in [-0.3, -0.25) is 14.9 Å². The Kier molecular flexibility index (Phi) is 5.67. The van der Waals surface area contributed by atoms with Crippen molar-refractivity contribution in [3.63, 3.8) is 0 Å². The zero-order valence-electron chi connectivity index (χ0n) is 13.4. The molecule has 0 aliphatic heterocycles. The van der Waals surface area contributed by atoms with E-state index in [-0.39, 0.29) is 35.7 Å². The number of hydrogen-bond acceptors (Lipinski definition) is 5. The molecule has 0 aromatic heterocycles. The zero-order chi connectivity index (χ0) is 18.4. The molecule has 25 heavy (non-hydrogen) atoms. The molecule has 8 heteroatoms. The van der Waals surface area contributed by atoms with Crippen molar-refractivity contribution in [2.24, 2.45) is 0 Å². The van der Waals surface area contributed by atoms with Crippen LogP contribution in [0.5, 0.6) is 5.75 Å². The van der Waals surface area contributed by atoms with Gasteiger partial charge in [0.25, 0.3) is 5.91 Å². The van der Waals surface area contributed by atoms with Crippen molar-refractivity contribution in [2.45, 2.75) is 13.5 Å². The van der Waals surface area contributed by atoms with Crippen LogP contribution >= 0.6 is 0 Å². The van der Waals surface area contributed by atoms with Gasteiger partial charge in [-0.2, -0.15) is 0 Å². The molecule has 0 atom stereocenters. The summed E-state index contributed by atoms with van der Waals surface area (Å²) in [5, 5.41) is 22.6. The first kappa shape index (κ1) is 17.9. The van der Waals surface area contributed by atoms with E-state index in [1.54, 1.807) is 19.1 Å². The number of carbonyl (C=O) groups is 2. The monoisotopic (exact) mass is 344 g/mol. The number of nitrogens with zero attached hydrogens (tertiary/aromatic N) is 1. The number of ether oxygens (including phenoxy) is 1. The minimum atomic E-state index is -1.03. The van der Waals surface area contributed by atoms with E-state index in [0.717, 1.165) is 6.07 Å². The molecular formula is C17H16N2O6. The first-order valence-corrected chi connectivity index (χ1v) is 7.44. The number of hydrogen-bond donors (Lipinski definition) is 2. The second kappa shape index (κ2) is 7.91. The smallest absolute Gasteiger partial charge is 0.335 e. The van der Waals surface area contributed by atoms with Gasteiger partial charge in [-0.05, 0) is 36.8 Å². The van der Waals surface area contributed by atoms with Crippen LogP contribution < -0.4 is 10.1 Å². The van der Waals surface area contributed by atoms with Crippen molar-refractivity contribution in [3.8, 4) is 5.75 Å². The third-order valence-corrected chi connectivity index (χ3v) is 3.37. The molecule has 2 rings (SSSR count). The second-order valence-corrected chi connectivity index (χ2v) is 5.06. The highest BCUT2D eigenvalue weighted by molar-refractivity contribution is 5.95. The van der Waals surface area contributed by atoms with Gasteiger partial charge in [0.15, 0.2) is 5.75 Å². The topological polar surface area (TPSA) is 119 Å². The van der Waals surface area contributed by atoms with Crippen LogP contribution in [-0.4, -0.2) is 28.5 Å². The van der Waals surface area contributed by atoms with Crippen molar-refractivity contribution in [3.05, 3.63) is 69.3 Å². The third-order valence-electron chi connectivity index (χ3n) is 3.37. The van der Waals surface area contributed by atoms with E-state index in [1.807, 2.05) is 0 Å². The van der Waals surface area contributed by atoms with Crippen LogP contribution in [-0.2, 0) is 6.54 Å². The first-order valence-electron chi connectivity index (χ1n) is 7.44. The van der Waals surface area contributed by atoms with Crippen LogP contribution in [0.25, 0.3) is 0 Å². The minimum absolute atomic E-state index is 0.105. The number of nitro benzene ring substituents is 1. The largest absolute Gasteiger partial charge is 0.487 e. The number of amides is 1. The number of aromatic carboxylic acids is 1. The number of benzene rings is 2. The van der Waals surface area contributed by atoms with Crippen molar-refractivity contribution in [2.75, 3.05) is 6.61 Å². The summed E-state index contributed by atoms with van der Waals surface area (Å²) in [6.07, 6.45) is 0. The van der Waals surface area contributed by atoms with E-state index < -0.39 is 16.8 Å². The lowest BCUT2D eigenvalue weighted by Gasteiger charge is -2.08. The Hall–Kier alpha value is -3.42. The number of nitro groups is 1. The van der Waals surface area contributed by atoms with Crippen molar-refractivity contribution >= 4 is 17.6 Å². The summed E-state index contributed by atoms with van der Waals surface area (Å²) in [5.41, 5.74) is 0.716. The molecule has 2 aromatic rings. The molecular weight excluding hydrogens is 328 g/mol. The lowest BCUT2D eigenvalue weighted by atomic mass is 10.1. The Balaban J connectivity index is 2.08. The van der Waals surface area contributed by atoms with Gasteiger partial charge in [-0.1, -0.05) is 12.1 Å². The van der Waals surface area contributed by atoms with E-state index in [9.17, 15) is 19.7 Å². The van der Waals surface area contributed by atoms with E-state index in [1.165, 1.54) is 24.3 Å². The molecule has 2 aromatic carbocycles. The highest BCUT2D eigenvalue weighted by Gasteiger charge is 2.18. The molecule has 0 saturated carbocycles. The highest BCUT2D eigenvalue weighted by Crippen LogP contribution is 2.27. The van der Waals surface area contributed by atoms with Crippen molar-refractivity contribution < 1.29 is 24.4 Å². The van der Waals surface area contributed by atoms with Gasteiger partial charge < -0.3 is 15.2 Å². The van der Waals surface area contributed by atoms with Gasteiger partial charge in [-0.15, -0.1) is 0 Å². The SMILES string of the molecule is CCOc1ccc(C(=O)NCc2ccc(C(=O)O)cc2)cc1[N+](=O)[O-]. The van der Waals surface area contributed by atoms with E-state index >= 15 is 0 Å². The molecule has 0 aliphatic rings. The van der Waals surface area contributed by atoms with E-state index in [4.69, 9.17) is 9.84 Å². The molecule has 0 unspecified atom stereocenters. The molecule has 8 nitrogen and oxygen atoms in total. The Labute approximate surface area is 143 Å². The van der Waals surface area contributed by atoms with Gasteiger partial charge in [0.1, 0.15) is 0 Å². The molecule has 130 valence electrons. The average Bonchev–Trinajstić information content (AvgIpc) is 2.60. The number of carboxylic acid groups (broad SMARTS) is 1. The van der Waals surface area contributed by atoms with E-state index in [2.05, 4.69) is 5.32 Å². The lowest BCUT2D eigenvalue weighted by Crippen LogP contribution is -2.23. The quantitative estimate of drug-likeness (QED) is 0.589. The summed E-state index contributed by atoms with van der Waals surface area (Å²) in [6, 6.07) is 10.0. The maximum atomic E-state index is 12.2. The number of nitrogens with one attached hydrogen (secondary N) is 1. The number of carbonyl (C=O) groups excluding carboxylic acids is 1. The maximum Gasteiger partial charge on any atom is 0.335 e. The maximum absolute atomic E-state index is 12.2. The molecule has 0 aliphatic carbocycles. The third kappa shape index (κ3) is 4.54. The molecule has 1 amide bonds. The number of rotatable bonds is 7. The fourth-order valence-corrected chi connectivity index (χ4v) is 2.13. The van der Waals surface area contributed by atoms with Gasteiger partial charge in [-0.25, -0.2) is 4.79 Å². The van der Waals surface area contributed by atoms with Gasteiger partial charge in [0, 0.05) is 18.2 Å². The summed E-state index contributed by atoms with van der Waals surface area (Å²) in [4.78, 5) is 33.4. The highest BCUT2D eigenvalue weighted by atomic mass is 16.6. The Morgan fingerprint density at radius 1 is 1.16 bits per heavy atom. The molecule has 0 spiro atoms. The van der Waals surface area contributed by atoms with Gasteiger partial charge in [0.05, 0.1) is 17.1 Å². The van der Waals surface area contributed by atoms with Crippen molar-refractivity contribution in [1.29, 1.82) is 0 Å². The predicted molar refractivity (Wildman–Crippen MR) is 88.8 cm³/mol. The Bertz CT molecular complexity index is 801. The first-order chi connectivity index (χ1) is 11.9. The normalized spacial score (nSPS) is 10.1. The summed E-state index contributed by atoms with van der Waals surface area (Å²) < 4.78 is 5.17. The van der Waals surface area contributed by atoms with Crippen molar-refractivity contribution in [1.82, 2.24) is 5.32 Å². The Morgan fingerprint density at radius 2 is 1.80 bits per heavy atom. The van der Waals surface area contributed by atoms with Crippen LogP contribution in [0.4, 0.5) is 5.69 Å². The molecule has 2 N–H and O–H groups in total. The van der Waals surface area contributed by atoms with Crippen LogP contribution in [0.1, 0.15) is 33.2 Å². The summed E-state index contributed by atoms with van der Waals surface area (Å²) in [6.45, 7) is 2.15. The fraction of sp³-hybridized carbons (Fsp3) is 0.176. The minimum Gasteiger partial charge on any atom is -0.487 e. The standard InChI is InChI=1S/C17H16N2O6/c1-2-25-15-8-7-13(9-14(15)19(23)24)16(20)18-10-11-3-5-12(6-4-11)17(21)22/h3-9H,2,10H2,1H3,(H,18,20)(H,21,22).